The highest BCUT2D eigenvalue weighted by molar-refractivity contribution is 6.30. The number of hydrogen-bond acceptors (Lipinski definition) is 4. The van der Waals surface area contributed by atoms with Gasteiger partial charge in [-0.25, -0.2) is 4.98 Å². The van der Waals surface area contributed by atoms with Gasteiger partial charge in [0.2, 0.25) is 5.91 Å². The SMILES string of the molecule is C=C(Nc1ccc(Cl)cn1)c1cc(-c2ccccc2)ccc1NC(=O)C1CCN(C(C)C)CC1. The summed E-state index contributed by atoms with van der Waals surface area (Å²) >= 11 is 5.97. The summed E-state index contributed by atoms with van der Waals surface area (Å²) in [7, 11) is 0. The van der Waals surface area contributed by atoms with Crippen molar-refractivity contribution in [1.29, 1.82) is 0 Å². The summed E-state index contributed by atoms with van der Waals surface area (Å²) < 4.78 is 0. The lowest BCUT2D eigenvalue weighted by molar-refractivity contribution is -0.121. The lowest BCUT2D eigenvalue weighted by Crippen LogP contribution is -2.41. The van der Waals surface area contributed by atoms with E-state index in [0.717, 1.165) is 48.3 Å². The number of carbonyl (C=O) groups is 1. The third-order valence-corrected chi connectivity index (χ3v) is 6.57. The van der Waals surface area contributed by atoms with Gasteiger partial charge in [0.1, 0.15) is 5.82 Å². The maximum Gasteiger partial charge on any atom is 0.227 e. The molecule has 176 valence electrons. The van der Waals surface area contributed by atoms with Crippen LogP contribution in [0, 0.1) is 5.92 Å². The molecule has 4 rings (SSSR count). The van der Waals surface area contributed by atoms with Crippen LogP contribution in [0.4, 0.5) is 11.5 Å². The van der Waals surface area contributed by atoms with Gasteiger partial charge in [-0.05, 0) is 75.2 Å². The summed E-state index contributed by atoms with van der Waals surface area (Å²) in [6.07, 6.45) is 3.33. The van der Waals surface area contributed by atoms with E-state index in [2.05, 4.69) is 59.1 Å². The molecule has 1 aliphatic rings. The van der Waals surface area contributed by atoms with Crippen LogP contribution in [-0.4, -0.2) is 34.9 Å². The molecule has 0 bridgehead atoms. The number of likely N-dealkylation sites (tertiary alicyclic amines) is 1. The van der Waals surface area contributed by atoms with Gasteiger partial charge in [-0.2, -0.15) is 0 Å². The molecule has 1 amide bonds. The van der Waals surface area contributed by atoms with Gasteiger partial charge in [0.05, 0.1) is 10.7 Å². The minimum atomic E-state index is 0.0100. The number of nitrogens with zero attached hydrogens (tertiary/aromatic N) is 2. The van der Waals surface area contributed by atoms with Gasteiger partial charge >= 0.3 is 0 Å². The molecule has 2 N–H and O–H groups in total. The van der Waals surface area contributed by atoms with Crippen molar-refractivity contribution in [3.05, 3.63) is 84.0 Å². The second-order valence-electron chi connectivity index (χ2n) is 8.98. The Hall–Kier alpha value is -3.15. The van der Waals surface area contributed by atoms with Crippen LogP contribution in [0.15, 0.2) is 73.4 Å². The number of benzene rings is 2. The van der Waals surface area contributed by atoms with Crippen LogP contribution in [0.25, 0.3) is 16.8 Å². The number of amides is 1. The zero-order chi connectivity index (χ0) is 24.1. The van der Waals surface area contributed by atoms with E-state index < -0.39 is 0 Å². The Morgan fingerprint density at radius 1 is 1.03 bits per heavy atom. The van der Waals surface area contributed by atoms with Crippen LogP contribution >= 0.6 is 11.6 Å². The minimum Gasteiger partial charge on any atom is -0.340 e. The molecule has 1 aromatic heterocycles. The number of piperidine rings is 1. The van der Waals surface area contributed by atoms with Crippen LogP contribution in [0.5, 0.6) is 0 Å². The summed E-state index contributed by atoms with van der Waals surface area (Å²) in [5.74, 6) is 0.711. The van der Waals surface area contributed by atoms with Crippen molar-refractivity contribution in [2.75, 3.05) is 23.7 Å². The lowest BCUT2D eigenvalue weighted by Gasteiger charge is -2.34. The Kier molecular flexibility index (Phi) is 7.66. The molecular formula is C28H31ClN4O. The standard InChI is InChI=1S/C28H31ClN4O/c1-19(2)33-15-13-22(14-16-33)28(34)32-26-11-9-23(21-7-5-4-6-8-21)17-25(26)20(3)31-27-12-10-24(29)18-30-27/h4-12,17-19,22H,3,13-16H2,1-2H3,(H,30,31)(H,32,34). The minimum absolute atomic E-state index is 0.0100. The third kappa shape index (κ3) is 5.85. The van der Waals surface area contributed by atoms with Gasteiger partial charge < -0.3 is 15.5 Å². The highest BCUT2D eigenvalue weighted by atomic mass is 35.5. The Labute approximate surface area is 206 Å². The van der Waals surface area contributed by atoms with E-state index in [9.17, 15) is 4.79 Å². The maximum absolute atomic E-state index is 13.2. The molecule has 1 fully saturated rings. The molecule has 0 saturated carbocycles. The molecular weight excluding hydrogens is 444 g/mol. The maximum atomic E-state index is 13.2. The van der Waals surface area contributed by atoms with Crippen molar-refractivity contribution >= 4 is 34.7 Å². The summed E-state index contributed by atoms with van der Waals surface area (Å²) in [6, 6.07) is 20.3. The molecule has 0 spiro atoms. The van der Waals surface area contributed by atoms with Crippen LogP contribution in [0.3, 0.4) is 0 Å². The Balaban J connectivity index is 1.57. The van der Waals surface area contributed by atoms with E-state index in [1.165, 1.54) is 0 Å². The zero-order valence-electron chi connectivity index (χ0n) is 19.7. The van der Waals surface area contributed by atoms with Crippen molar-refractivity contribution in [3.8, 4) is 11.1 Å². The van der Waals surface area contributed by atoms with Crippen LogP contribution in [0.1, 0.15) is 32.3 Å². The fourth-order valence-electron chi connectivity index (χ4n) is 4.30. The third-order valence-electron chi connectivity index (χ3n) is 6.35. The zero-order valence-corrected chi connectivity index (χ0v) is 20.5. The van der Waals surface area contributed by atoms with E-state index in [1.807, 2.05) is 30.3 Å². The number of rotatable bonds is 7. The molecule has 5 nitrogen and oxygen atoms in total. The van der Waals surface area contributed by atoms with E-state index in [1.54, 1.807) is 18.3 Å². The normalized spacial score (nSPS) is 14.7. The molecule has 3 aromatic rings. The molecule has 6 heteroatoms. The van der Waals surface area contributed by atoms with Crippen molar-refractivity contribution < 1.29 is 4.79 Å². The largest absolute Gasteiger partial charge is 0.340 e. The van der Waals surface area contributed by atoms with Gasteiger partial charge in [-0.3, -0.25) is 4.79 Å². The highest BCUT2D eigenvalue weighted by Gasteiger charge is 2.26. The first-order valence-electron chi connectivity index (χ1n) is 11.7. The Morgan fingerprint density at radius 2 is 1.76 bits per heavy atom. The monoisotopic (exact) mass is 474 g/mol. The first-order valence-corrected chi connectivity index (χ1v) is 12.1. The number of hydrogen-bond donors (Lipinski definition) is 2. The predicted molar refractivity (Wildman–Crippen MR) is 142 cm³/mol. The van der Waals surface area contributed by atoms with Gasteiger partial charge in [0.15, 0.2) is 0 Å². The molecule has 1 saturated heterocycles. The number of carbonyl (C=O) groups excluding carboxylic acids is 1. The van der Waals surface area contributed by atoms with Crippen molar-refractivity contribution in [1.82, 2.24) is 9.88 Å². The van der Waals surface area contributed by atoms with E-state index in [0.29, 0.717) is 22.6 Å². The number of pyridine rings is 1. The van der Waals surface area contributed by atoms with E-state index >= 15 is 0 Å². The first kappa shape index (κ1) is 24.0. The Morgan fingerprint density at radius 3 is 2.41 bits per heavy atom. The fraction of sp³-hybridized carbons (Fsp3) is 0.286. The fourth-order valence-corrected chi connectivity index (χ4v) is 4.41. The molecule has 0 aliphatic carbocycles. The number of halogens is 1. The van der Waals surface area contributed by atoms with Crippen LogP contribution in [-0.2, 0) is 4.79 Å². The average molecular weight is 475 g/mol. The summed E-state index contributed by atoms with van der Waals surface area (Å²) in [5, 5.41) is 7.00. The average Bonchev–Trinajstić information content (AvgIpc) is 2.86. The van der Waals surface area contributed by atoms with Gasteiger partial charge in [-0.1, -0.05) is 54.6 Å². The number of nitrogens with one attached hydrogen (secondary N) is 2. The molecule has 2 aromatic carbocycles. The van der Waals surface area contributed by atoms with Gasteiger partial charge in [0, 0.05) is 29.4 Å². The smallest absolute Gasteiger partial charge is 0.227 e. The van der Waals surface area contributed by atoms with E-state index in [-0.39, 0.29) is 11.8 Å². The molecule has 0 atom stereocenters. The second kappa shape index (κ2) is 10.9. The Bertz CT molecular complexity index is 1140. The quantitative estimate of drug-likeness (QED) is 0.408. The van der Waals surface area contributed by atoms with Crippen molar-refractivity contribution in [2.24, 2.45) is 5.92 Å². The van der Waals surface area contributed by atoms with Gasteiger partial charge in [-0.15, -0.1) is 0 Å². The molecule has 0 radical (unpaired) electrons. The van der Waals surface area contributed by atoms with Crippen molar-refractivity contribution in [2.45, 2.75) is 32.7 Å². The topological polar surface area (TPSA) is 57.3 Å². The summed E-state index contributed by atoms with van der Waals surface area (Å²) in [5.41, 5.74) is 4.36. The van der Waals surface area contributed by atoms with Crippen LogP contribution in [0.2, 0.25) is 5.02 Å². The molecule has 34 heavy (non-hydrogen) atoms. The number of aromatic nitrogens is 1. The second-order valence-corrected chi connectivity index (χ2v) is 9.42. The molecule has 1 aliphatic heterocycles. The van der Waals surface area contributed by atoms with Crippen LogP contribution < -0.4 is 10.6 Å². The highest BCUT2D eigenvalue weighted by Crippen LogP contribution is 2.31. The van der Waals surface area contributed by atoms with E-state index in [4.69, 9.17) is 11.6 Å². The summed E-state index contributed by atoms with van der Waals surface area (Å²) in [4.78, 5) is 19.9. The molecule has 2 heterocycles. The van der Waals surface area contributed by atoms with Crippen molar-refractivity contribution in [3.63, 3.8) is 0 Å². The molecule has 0 unspecified atom stereocenters. The number of anilines is 2. The van der Waals surface area contributed by atoms with Gasteiger partial charge in [0.25, 0.3) is 0 Å². The predicted octanol–water partition coefficient (Wildman–Crippen LogP) is 6.54. The summed E-state index contributed by atoms with van der Waals surface area (Å²) in [6.45, 7) is 10.6. The first-order chi connectivity index (χ1) is 16.4. The lowest BCUT2D eigenvalue weighted by atomic mass is 9.94.